The quantitative estimate of drug-likeness (QED) is 0.446. The van der Waals surface area contributed by atoms with Crippen LogP contribution in [0, 0.1) is 5.92 Å². The third-order valence-corrected chi connectivity index (χ3v) is 3.37. The fourth-order valence-electron chi connectivity index (χ4n) is 2.20. The zero-order valence-electron chi connectivity index (χ0n) is 11.6. The molecule has 96 valence electrons. The Labute approximate surface area is 102 Å². The lowest BCUT2D eigenvalue weighted by Gasteiger charge is -2.14. The molecule has 0 aromatic heterocycles. The monoisotopic (exact) mass is 226 g/mol. The van der Waals surface area contributed by atoms with Crippen molar-refractivity contribution in [3.05, 3.63) is 0 Å². The second-order valence-corrected chi connectivity index (χ2v) is 4.86. The highest BCUT2D eigenvalue weighted by atomic mass is 16.1. The number of ketones is 1. The van der Waals surface area contributed by atoms with Gasteiger partial charge in [0.2, 0.25) is 0 Å². The Balaban J connectivity index is 3.69. The highest BCUT2D eigenvalue weighted by Crippen LogP contribution is 2.19. The van der Waals surface area contributed by atoms with E-state index in [1.165, 1.54) is 44.9 Å². The Hall–Kier alpha value is -0.330. The molecule has 1 atom stereocenters. The molecule has 0 bridgehead atoms. The van der Waals surface area contributed by atoms with Crippen LogP contribution in [0.5, 0.6) is 0 Å². The summed E-state index contributed by atoms with van der Waals surface area (Å²) in [5, 5.41) is 0. The summed E-state index contributed by atoms with van der Waals surface area (Å²) < 4.78 is 0. The van der Waals surface area contributed by atoms with E-state index >= 15 is 0 Å². The molecule has 16 heavy (non-hydrogen) atoms. The van der Waals surface area contributed by atoms with E-state index in [0.29, 0.717) is 11.7 Å². The number of Topliss-reactive ketones (excluding diaryl/α,β-unsaturated/α-hetero) is 1. The van der Waals surface area contributed by atoms with Gasteiger partial charge in [-0.25, -0.2) is 0 Å². The lowest BCUT2D eigenvalue weighted by atomic mass is 9.90. The van der Waals surface area contributed by atoms with Crippen molar-refractivity contribution in [1.82, 2.24) is 0 Å². The molecule has 0 saturated carbocycles. The summed E-state index contributed by atoms with van der Waals surface area (Å²) >= 11 is 0. The summed E-state index contributed by atoms with van der Waals surface area (Å²) in [6.45, 7) is 6.44. The predicted octanol–water partition coefficient (Wildman–Crippen LogP) is 5.13. The summed E-state index contributed by atoms with van der Waals surface area (Å²) in [5.74, 6) is 0.857. The Bertz CT molecular complexity index is 163. The first-order chi connectivity index (χ1) is 7.76. The van der Waals surface area contributed by atoms with Crippen LogP contribution in [-0.4, -0.2) is 5.78 Å². The molecule has 1 nitrogen and oxygen atoms in total. The first kappa shape index (κ1) is 15.7. The van der Waals surface area contributed by atoms with Crippen molar-refractivity contribution in [2.24, 2.45) is 5.92 Å². The second-order valence-electron chi connectivity index (χ2n) is 4.86. The maximum absolute atomic E-state index is 11.7. The third-order valence-electron chi connectivity index (χ3n) is 3.37. The minimum absolute atomic E-state index is 0.367. The first-order valence-electron chi connectivity index (χ1n) is 7.28. The van der Waals surface area contributed by atoms with E-state index in [2.05, 4.69) is 13.8 Å². The van der Waals surface area contributed by atoms with Gasteiger partial charge in [0.1, 0.15) is 5.78 Å². The van der Waals surface area contributed by atoms with Crippen LogP contribution in [0.3, 0.4) is 0 Å². The number of rotatable bonds is 11. The minimum atomic E-state index is 0.367. The average Bonchev–Trinajstić information content (AvgIpc) is 2.31. The summed E-state index contributed by atoms with van der Waals surface area (Å²) in [5.41, 5.74) is 0. The Morgan fingerprint density at radius 1 is 0.812 bits per heavy atom. The summed E-state index contributed by atoms with van der Waals surface area (Å²) in [4.78, 5) is 11.7. The summed E-state index contributed by atoms with van der Waals surface area (Å²) in [6, 6.07) is 0. The average molecular weight is 226 g/mol. The normalized spacial score (nSPS) is 12.7. The van der Waals surface area contributed by atoms with Gasteiger partial charge in [-0.3, -0.25) is 4.79 Å². The molecule has 0 rings (SSSR count). The molecule has 0 radical (unpaired) electrons. The predicted molar refractivity (Wildman–Crippen MR) is 71.7 cm³/mol. The Kier molecular flexibility index (Phi) is 10.9. The van der Waals surface area contributed by atoms with Crippen LogP contribution in [0.15, 0.2) is 0 Å². The number of carbonyl (C=O) groups is 1. The van der Waals surface area contributed by atoms with Crippen LogP contribution >= 0.6 is 0 Å². The topological polar surface area (TPSA) is 17.1 Å². The van der Waals surface area contributed by atoms with Crippen LogP contribution in [0.25, 0.3) is 0 Å². The van der Waals surface area contributed by atoms with Gasteiger partial charge in [0.25, 0.3) is 0 Å². The largest absolute Gasteiger partial charge is 0.299 e. The number of hydrogen-bond acceptors (Lipinski definition) is 1. The van der Waals surface area contributed by atoms with E-state index in [9.17, 15) is 4.79 Å². The molecule has 0 heterocycles. The molecule has 0 aromatic carbocycles. The summed E-state index contributed by atoms with van der Waals surface area (Å²) in [7, 11) is 0. The van der Waals surface area contributed by atoms with Crippen LogP contribution in [0.1, 0.15) is 85.0 Å². The molecule has 0 aromatic rings. The van der Waals surface area contributed by atoms with E-state index in [-0.39, 0.29) is 0 Å². The fourth-order valence-corrected chi connectivity index (χ4v) is 2.20. The molecule has 0 aliphatic carbocycles. The van der Waals surface area contributed by atoms with Crippen molar-refractivity contribution in [1.29, 1.82) is 0 Å². The zero-order valence-corrected chi connectivity index (χ0v) is 11.6. The van der Waals surface area contributed by atoms with E-state index in [0.717, 1.165) is 19.3 Å². The lowest BCUT2D eigenvalue weighted by Crippen LogP contribution is -2.13. The minimum Gasteiger partial charge on any atom is -0.299 e. The molecule has 0 saturated heterocycles. The molecule has 0 spiro atoms. The molecular weight excluding hydrogens is 196 g/mol. The molecule has 0 amide bonds. The van der Waals surface area contributed by atoms with Gasteiger partial charge in [0, 0.05) is 12.3 Å². The summed E-state index contributed by atoms with van der Waals surface area (Å²) in [6.07, 6.45) is 12.0. The van der Waals surface area contributed by atoms with Gasteiger partial charge in [-0.1, -0.05) is 65.7 Å². The highest BCUT2D eigenvalue weighted by Gasteiger charge is 2.15. The van der Waals surface area contributed by atoms with Gasteiger partial charge in [-0.15, -0.1) is 0 Å². The lowest BCUT2D eigenvalue weighted by molar-refractivity contribution is -0.123. The zero-order chi connectivity index (χ0) is 12.2. The maximum Gasteiger partial charge on any atom is 0.135 e. The van der Waals surface area contributed by atoms with Crippen molar-refractivity contribution >= 4 is 5.78 Å². The molecule has 0 aliphatic heterocycles. The molecule has 1 unspecified atom stereocenters. The Morgan fingerprint density at radius 3 is 1.94 bits per heavy atom. The smallest absolute Gasteiger partial charge is 0.135 e. The van der Waals surface area contributed by atoms with Crippen molar-refractivity contribution in [2.75, 3.05) is 0 Å². The fraction of sp³-hybridized carbons (Fsp3) is 0.933. The van der Waals surface area contributed by atoms with Crippen molar-refractivity contribution in [3.63, 3.8) is 0 Å². The van der Waals surface area contributed by atoms with Crippen molar-refractivity contribution in [2.45, 2.75) is 85.0 Å². The Morgan fingerprint density at radius 2 is 1.38 bits per heavy atom. The van der Waals surface area contributed by atoms with Crippen LogP contribution in [0.2, 0.25) is 0 Å². The van der Waals surface area contributed by atoms with Gasteiger partial charge >= 0.3 is 0 Å². The van der Waals surface area contributed by atoms with E-state index in [1.807, 2.05) is 6.92 Å². The van der Waals surface area contributed by atoms with E-state index in [1.54, 1.807) is 0 Å². The van der Waals surface area contributed by atoms with E-state index < -0.39 is 0 Å². The highest BCUT2D eigenvalue weighted by molar-refractivity contribution is 5.80. The number of unbranched alkanes of at least 4 members (excludes halogenated alkanes) is 5. The van der Waals surface area contributed by atoms with Crippen LogP contribution in [-0.2, 0) is 4.79 Å². The van der Waals surface area contributed by atoms with Crippen molar-refractivity contribution in [3.8, 4) is 0 Å². The number of hydrogen-bond donors (Lipinski definition) is 0. The van der Waals surface area contributed by atoms with E-state index in [4.69, 9.17) is 0 Å². The molecular formula is C15H30O. The van der Waals surface area contributed by atoms with Crippen LogP contribution < -0.4 is 0 Å². The third kappa shape index (κ3) is 7.90. The molecule has 0 aliphatic rings. The van der Waals surface area contributed by atoms with Gasteiger partial charge < -0.3 is 0 Å². The number of carbonyl (C=O) groups excluding carboxylic acids is 1. The molecule has 1 heteroatoms. The maximum atomic E-state index is 11.7. The second kappa shape index (κ2) is 11.2. The molecule has 0 N–H and O–H groups in total. The molecule has 0 fully saturated rings. The standard InChI is InChI=1S/C15H30O/c1-4-7-9-10-11-13-14(12-8-5-2)15(16)6-3/h14H,4-13H2,1-3H3. The van der Waals surface area contributed by atoms with Crippen LogP contribution in [0.4, 0.5) is 0 Å². The SMILES string of the molecule is CCCCCCCC(CCCC)C(=O)CC. The van der Waals surface area contributed by atoms with Gasteiger partial charge in [0.05, 0.1) is 0 Å². The first-order valence-corrected chi connectivity index (χ1v) is 7.28. The van der Waals surface area contributed by atoms with Gasteiger partial charge in [-0.05, 0) is 12.8 Å². The van der Waals surface area contributed by atoms with Gasteiger partial charge in [0.15, 0.2) is 0 Å². The van der Waals surface area contributed by atoms with Gasteiger partial charge in [-0.2, -0.15) is 0 Å². The van der Waals surface area contributed by atoms with Crippen molar-refractivity contribution < 1.29 is 4.79 Å².